The average Bonchev–Trinajstić information content (AvgIpc) is 3.37. The van der Waals surface area contributed by atoms with Gasteiger partial charge < -0.3 is 18.9 Å². The molecule has 2 aliphatic heterocycles. The second-order valence-electron chi connectivity index (χ2n) is 8.36. The number of rotatable bonds is 7. The summed E-state index contributed by atoms with van der Waals surface area (Å²) < 4.78 is 25.8. The van der Waals surface area contributed by atoms with Crippen LogP contribution in [-0.2, 0) is 20.9 Å². The van der Waals surface area contributed by atoms with E-state index >= 15 is 0 Å². The van der Waals surface area contributed by atoms with Gasteiger partial charge in [0.1, 0.15) is 24.7 Å². The maximum atomic E-state index is 13.0. The van der Waals surface area contributed by atoms with E-state index in [2.05, 4.69) is 0 Å². The van der Waals surface area contributed by atoms with E-state index in [9.17, 15) is 18.8 Å². The lowest BCUT2D eigenvalue weighted by Crippen LogP contribution is -2.42. The quantitative estimate of drug-likeness (QED) is 0.452. The Balaban J connectivity index is 1.30. The number of para-hydroxylation sites is 1. The predicted octanol–water partition coefficient (Wildman–Crippen LogP) is 3.75. The Morgan fingerprint density at radius 3 is 2.61 bits per heavy atom. The number of imide groups is 1. The van der Waals surface area contributed by atoms with E-state index < -0.39 is 5.91 Å². The summed E-state index contributed by atoms with van der Waals surface area (Å²) in [6.45, 7) is 2.57. The summed E-state index contributed by atoms with van der Waals surface area (Å²) in [5.41, 5.74) is 1.63. The molecule has 5 rings (SSSR count). The van der Waals surface area contributed by atoms with E-state index in [1.54, 1.807) is 11.0 Å². The van der Waals surface area contributed by atoms with Gasteiger partial charge in [-0.3, -0.25) is 19.3 Å². The van der Waals surface area contributed by atoms with Gasteiger partial charge in [0.2, 0.25) is 5.91 Å². The zero-order chi connectivity index (χ0) is 25.1. The van der Waals surface area contributed by atoms with Gasteiger partial charge in [0.25, 0.3) is 11.1 Å². The number of benzene rings is 2. The Labute approximate surface area is 211 Å². The van der Waals surface area contributed by atoms with Crippen molar-refractivity contribution >= 4 is 45.8 Å². The molecular weight excluding hydrogens is 485 g/mol. The monoisotopic (exact) mass is 509 g/mol. The van der Waals surface area contributed by atoms with Crippen molar-refractivity contribution < 1.29 is 28.2 Å². The minimum atomic E-state index is -0.395. The summed E-state index contributed by atoms with van der Waals surface area (Å²) in [5.74, 6) is -0.301. The third-order valence-corrected chi connectivity index (χ3v) is 6.95. The maximum absolute atomic E-state index is 13.0. The van der Waals surface area contributed by atoms with Gasteiger partial charge in [-0.05, 0) is 48.2 Å². The molecule has 10 heteroatoms. The van der Waals surface area contributed by atoms with Crippen LogP contribution in [0.1, 0.15) is 5.56 Å². The molecule has 0 N–H and O–H groups in total. The van der Waals surface area contributed by atoms with E-state index in [-0.39, 0.29) is 36.7 Å². The van der Waals surface area contributed by atoms with Gasteiger partial charge in [-0.1, -0.05) is 18.2 Å². The molecule has 8 nitrogen and oxygen atoms in total. The lowest BCUT2D eigenvalue weighted by atomic mass is 10.1. The summed E-state index contributed by atoms with van der Waals surface area (Å²) >= 11 is 0.874. The second kappa shape index (κ2) is 10.5. The number of amides is 3. The molecule has 3 amide bonds. The number of halogens is 1. The molecule has 186 valence electrons. The maximum Gasteiger partial charge on any atom is 0.293 e. The van der Waals surface area contributed by atoms with Crippen molar-refractivity contribution in [1.29, 1.82) is 0 Å². The lowest BCUT2D eigenvalue weighted by Gasteiger charge is -2.27. The van der Waals surface area contributed by atoms with Gasteiger partial charge in [-0.25, -0.2) is 4.39 Å². The number of fused-ring (bicyclic) bond motifs is 1. The number of aromatic nitrogens is 1. The molecule has 2 fully saturated rings. The van der Waals surface area contributed by atoms with Crippen LogP contribution in [0.25, 0.3) is 17.0 Å². The van der Waals surface area contributed by atoms with Crippen molar-refractivity contribution in [3.8, 4) is 5.75 Å². The molecule has 3 aromatic rings. The van der Waals surface area contributed by atoms with Crippen LogP contribution in [0.3, 0.4) is 0 Å². The first-order valence-electron chi connectivity index (χ1n) is 11.6. The van der Waals surface area contributed by atoms with Crippen LogP contribution in [0.2, 0.25) is 0 Å². The smallest absolute Gasteiger partial charge is 0.293 e. The number of carbonyl (C=O) groups excluding carboxylic acids is 3. The van der Waals surface area contributed by atoms with Crippen molar-refractivity contribution in [2.24, 2.45) is 0 Å². The second-order valence-corrected chi connectivity index (χ2v) is 9.35. The molecule has 0 atom stereocenters. The molecule has 2 aromatic carbocycles. The highest BCUT2D eigenvalue weighted by Gasteiger charge is 2.35. The van der Waals surface area contributed by atoms with Crippen LogP contribution in [0, 0.1) is 5.82 Å². The van der Waals surface area contributed by atoms with Crippen LogP contribution < -0.4 is 4.74 Å². The third kappa shape index (κ3) is 5.14. The Kier molecular flexibility index (Phi) is 7.06. The highest BCUT2D eigenvalue weighted by Crippen LogP contribution is 2.34. The molecule has 0 saturated carbocycles. The largest absolute Gasteiger partial charge is 0.492 e. The van der Waals surface area contributed by atoms with E-state index in [0.29, 0.717) is 37.0 Å². The van der Waals surface area contributed by atoms with Crippen molar-refractivity contribution in [2.45, 2.75) is 6.54 Å². The number of morpholine rings is 1. The fourth-order valence-electron chi connectivity index (χ4n) is 4.20. The van der Waals surface area contributed by atoms with Crippen molar-refractivity contribution in [3.63, 3.8) is 0 Å². The first kappa shape index (κ1) is 24.1. The standard InChI is InChI=1S/C26H24FN3O5S/c27-19-5-7-20(8-6-19)35-14-11-30-25(32)23(36-26(30)33)15-18-16-29(22-4-2-1-3-21(18)22)17-24(31)28-9-12-34-13-10-28/h1-8,15-16H,9-14,17H2/b23-15-. The molecule has 2 saturated heterocycles. The molecule has 0 radical (unpaired) electrons. The van der Waals surface area contributed by atoms with E-state index in [0.717, 1.165) is 33.1 Å². The van der Waals surface area contributed by atoms with Crippen LogP contribution >= 0.6 is 11.8 Å². The molecule has 3 heterocycles. The van der Waals surface area contributed by atoms with Gasteiger partial charge in [0.05, 0.1) is 24.7 Å². The number of carbonyl (C=O) groups is 3. The first-order valence-corrected chi connectivity index (χ1v) is 12.4. The molecular formula is C26H24FN3O5S. The number of ether oxygens (including phenoxy) is 2. The van der Waals surface area contributed by atoms with Gasteiger partial charge in [0.15, 0.2) is 0 Å². The van der Waals surface area contributed by atoms with Crippen LogP contribution in [0.15, 0.2) is 59.6 Å². The van der Waals surface area contributed by atoms with Crippen molar-refractivity contribution in [2.75, 3.05) is 39.5 Å². The zero-order valence-corrected chi connectivity index (χ0v) is 20.2. The fourth-order valence-corrected chi connectivity index (χ4v) is 5.06. The summed E-state index contributed by atoms with van der Waals surface area (Å²) in [4.78, 5) is 41.5. The van der Waals surface area contributed by atoms with Crippen LogP contribution in [-0.4, -0.2) is 70.9 Å². The minimum absolute atomic E-state index is 0.00656. The first-order chi connectivity index (χ1) is 17.5. The Bertz CT molecular complexity index is 1330. The topological polar surface area (TPSA) is 81.1 Å². The van der Waals surface area contributed by atoms with Crippen molar-refractivity contribution in [1.82, 2.24) is 14.4 Å². The van der Waals surface area contributed by atoms with Gasteiger partial charge in [-0.2, -0.15) is 0 Å². The molecule has 2 aliphatic rings. The summed E-state index contributed by atoms with van der Waals surface area (Å²) in [5, 5.41) is 0.513. The molecule has 0 aliphatic carbocycles. The van der Waals surface area contributed by atoms with E-state index in [4.69, 9.17) is 9.47 Å². The number of hydrogen-bond acceptors (Lipinski definition) is 6. The Morgan fingerprint density at radius 1 is 1.08 bits per heavy atom. The summed E-state index contributed by atoms with van der Waals surface area (Å²) in [6, 6.07) is 13.2. The SMILES string of the molecule is O=C(Cn1cc(/C=C2\SC(=O)N(CCOc3ccc(F)cc3)C2=O)c2ccccc21)N1CCOCC1. The Hall–Kier alpha value is -3.63. The molecule has 0 unspecified atom stereocenters. The third-order valence-electron chi connectivity index (χ3n) is 6.05. The van der Waals surface area contributed by atoms with Gasteiger partial charge in [0, 0.05) is 35.8 Å². The fraction of sp³-hybridized carbons (Fsp3) is 0.269. The van der Waals surface area contributed by atoms with E-state index in [1.165, 1.54) is 24.3 Å². The van der Waals surface area contributed by atoms with Gasteiger partial charge >= 0.3 is 0 Å². The number of thioether (sulfide) groups is 1. The number of nitrogens with zero attached hydrogens (tertiary/aromatic N) is 3. The van der Waals surface area contributed by atoms with Crippen molar-refractivity contribution in [3.05, 3.63) is 71.0 Å². The highest BCUT2D eigenvalue weighted by molar-refractivity contribution is 8.18. The van der Waals surface area contributed by atoms with Gasteiger partial charge in [-0.15, -0.1) is 0 Å². The molecule has 0 bridgehead atoms. The average molecular weight is 510 g/mol. The number of hydrogen-bond donors (Lipinski definition) is 0. The molecule has 36 heavy (non-hydrogen) atoms. The Morgan fingerprint density at radius 2 is 1.83 bits per heavy atom. The van der Waals surface area contributed by atoms with Crippen LogP contribution in [0.5, 0.6) is 5.75 Å². The zero-order valence-electron chi connectivity index (χ0n) is 19.4. The highest BCUT2D eigenvalue weighted by atomic mass is 32.2. The lowest BCUT2D eigenvalue weighted by molar-refractivity contribution is -0.135. The summed E-state index contributed by atoms with van der Waals surface area (Å²) in [6.07, 6.45) is 3.54. The van der Waals surface area contributed by atoms with E-state index in [1.807, 2.05) is 35.0 Å². The predicted molar refractivity (Wildman–Crippen MR) is 134 cm³/mol. The van der Waals surface area contributed by atoms with Crippen LogP contribution in [0.4, 0.5) is 9.18 Å². The molecule has 1 aromatic heterocycles. The minimum Gasteiger partial charge on any atom is -0.492 e. The summed E-state index contributed by atoms with van der Waals surface area (Å²) in [7, 11) is 0. The molecule has 0 spiro atoms. The normalized spacial score (nSPS) is 17.4.